The first-order valence-corrected chi connectivity index (χ1v) is 18.8. The smallest absolute Gasteiger partial charge is 0.0543 e. The number of nitrogens with zero attached hydrogens (tertiary/aromatic N) is 2. The van der Waals surface area contributed by atoms with Crippen molar-refractivity contribution in [3.63, 3.8) is 0 Å². The Morgan fingerprint density at radius 1 is 0.346 bits per heavy atom. The van der Waals surface area contributed by atoms with Crippen molar-refractivity contribution in [2.75, 3.05) is 9.80 Å². The van der Waals surface area contributed by atoms with Crippen LogP contribution in [0, 0.1) is 27.7 Å². The number of benzene rings is 8. The van der Waals surface area contributed by atoms with Crippen LogP contribution in [0.3, 0.4) is 0 Å². The molecule has 8 rings (SSSR count). The lowest BCUT2D eigenvalue weighted by Crippen LogP contribution is -2.13. The van der Waals surface area contributed by atoms with Crippen molar-refractivity contribution in [3.05, 3.63) is 167 Å². The van der Waals surface area contributed by atoms with Crippen molar-refractivity contribution in [3.8, 4) is 0 Å². The molecule has 0 atom stereocenters. The molecule has 0 heterocycles. The van der Waals surface area contributed by atoms with Crippen LogP contribution >= 0.6 is 0 Å². The summed E-state index contributed by atoms with van der Waals surface area (Å²) in [5.74, 6) is 0.669. The molecule has 2 heteroatoms. The van der Waals surface area contributed by atoms with Gasteiger partial charge in [0.2, 0.25) is 0 Å². The molecule has 0 radical (unpaired) electrons. The zero-order valence-corrected chi connectivity index (χ0v) is 31.8. The van der Waals surface area contributed by atoms with Crippen LogP contribution in [0.5, 0.6) is 0 Å². The zero-order chi connectivity index (χ0) is 36.3. The topological polar surface area (TPSA) is 6.48 Å². The summed E-state index contributed by atoms with van der Waals surface area (Å²) >= 11 is 0. The van der Waals surface area contributed by atoms with Gasteiger partial charge in [-0.3, -0.25) is 0 Å². The van der Waals surface area contributed by atoms with Crippen molar-refractivity contribution >= 4 is 66.4 Å². The number of rotatable bonds is 8. The summed E-state index contributed by atoms with van der Waals surface area (Å²) in [7, 11) is 0. The van der Waals surface area contributed by atoms with Gasteiger partial charge < -0.3 is 9.80 Å². The van der Waals surface area contributed by atoms with E-state index in [0.717, 1.165) is 11.4 Å². The van der Waals surface area contributed by atoms with Gasteiger partial charge in [-0.15, -0.1) is 0 Å². The Kier molecular flexibility index (Phi) is 8.50. The summed E-state index contributed by atoms with van der Waals surface area (Å²) < 4.78 is 0. The summed E-state index contributed by atoms with van der Waals surface area (Å²) in [4.78, 5) is 4.94. The Morgan fingerprint density at radius 3 is 1.06 bits per heavy atom. The molecule has 52 heavy (non-hydrogen) atoms. The normalized spacial score (nSPS) is 11.8. The van der Waals surface area contributed by atoms with E-state index in [4.69, 9.17) is 0 Å². The van der Waals surface area contributed by atoms with E-state index in [-0.39, 0.29) is 0 Å². The summed E-state index contributed by atoms with van der Waals surface area (Å²) in [5, 5.41) is 7.90. The van der Waals surface area contributed by atoms with Crippen molar-refractivity contribution in [2.45, 2.75) is 67.2 Å². The average molecular weight is 677 g/mol. The number of hydrogen-bond acceptors (Lipinski definition) is 2. The molecule has 0 N–H and O–H groups in total. The minimum absolute atomic E-state index is 0.334. The van der Waals surface area contributed by atoms with E-state index in [1.165, 1.54) is 88.4 Å². The highest BCUT2D eigenvalue weighted by molar-refractivity contribution is 6.29. The molecule has 0 aliphatic rings. The fourth-order valence-corrected chi connectivity index (χ4v) is 8.07. The first-order valence-electron chi connectivity index (χ1n) is 18.8. The summed E-state index contributed by atoms with van der Waals surface area (Å²) in [5.41, 5.74) is 15.0. The summed E-state index contributed by atoms with van der Waals surface area (Å²) in [6.45, 7) is 18.2. The first kappa shape index (κ1) is 33.5. The van der Waals surface area contributed by atoms with Crippen molar-refractivity contribution in [1.82, 2.24) is 0 Å². The summed E-state index contributed by atoms with van der Waals surface area (Å²) in [6, 6.07) is 50.0. The number of aryl methyl sites for hydroxylation is 4. The van der Waals surface area contributed by atoms with Gasteiger partial charge in [-0.05, 0) is 155 Å². The molecule has 0 aromatic heterocycles. The van der Waals surface area contributed by atoms with Crippen LogP contribution in [0.15, 0.2) is 133 Å². The van der Waals surface area contributed by atoms with Gasteiger partial charge in [0.05, 0.1) is 11.4 Å². The fraction of sp³-hybridized carbons (Fsp3) is 0.200. The van der Waals surface area contributed by atoms with E-state index in [1.54, 1.807) is 0 Å². The first-order chi connectivity index (χ1) is 25.1. The standard InChI is InChI=1S/C50H48N2/c1-31(2)45-29-47(51(37-15-11-9-12-16-37)39-21-19-33(5)35(7)27-39)43-26-24-42-46(32(3)4)30-48(44-25-23-41(45)49(43)50(42)44)52(38-17-13-10-14-18-38)40-22-20-34(6)36(8)28-40/h9-32H,1-8H3. The second kappa shape index (κ2) is 13.2. The Labute approximate surface area is 309 Å². The molecule has 2 nitrogen and oxygen atoms in total. The highest BCUT2D eigenvalue weighted by atomic mass is 15.1. The van der Waals surface area contributed by atoms with E-state index in [1.807, 2.05) is 0 Å². The lowest BCUT2D eigenvalue weighted by Gasteiger charge is -2.32. The number of anilines is 6. The van der Waals surface area contributed by atoms with E-state index >= 15 is 0 Å². The minimum atomic E-state index is 0.334. The third-order valence-corrected chi connectivity index (χ3v) is 11.2. The Balaban J connectivity index is 1.52. The van der Waals surface area contributed by atoms with Gasteiger partial charge >= 0.3 is 0 Å². The molecule has 0 aliphatic carbocycles. The maximum absolute atomic E-state index is 2.47. The molecule has 8 aromatic rings. The van der Waals surface area contributed by atoms with Gasteiger partial charge in [-0.1, -0.05) is 100 Å². The van der Waals surface area contributed by atoms with Crippen LogP contribution in [0.2, 0.25) is 0 Å². The number of para-hydroxylation sites is 2. The number of hydrogen-bond donors (Lipinski definition) is 0. The maximum Gasteiger partial charge on any atom is 0.0543 e. The monoisotopic (exact) mass is 676 g/mol. The van der Waals surface area contributed by atoms with Crippen LogP contribution in [0.4, 0.5) is 34.1 Å². The SMILES string of the molecule is Cc1ccc(N(c2ccccc2)c2cc(C(C)C)c3ccc4c(N(c5ccccc5)c5ccc(C)c(C)c5)cc(C(C)C)c5ccc2c3c54)cc1C. The second-order valence-electron chi connectivity index (χ2n) is 15.2. The van der Waals surface area contributed by atoms with Gasteiger partial charge in [-0.25, -0.2) is 0 Å². The predicted molar refractivity (Wildman–Crippen MR) is 227 cm³/mol. The molecule has 0 aliphatic heterocycles. The van der Waals surface area contributed by atoms with E-state index in [0.29, 0.717) is 11.8 Å². The van der Waals surface area contributed by atoms with E-state index in [2.05, 4.69) is 199 Å². The quantitative estimate of drug-likeness (QED) is 0.148. The van der Waals surface area contributed by atoms with Crippen molar-refractivity contribution in [2.24, 2.45) is 0 Å². The largest absolute Gasteiger partial charge is 0.310 e. The molecular formula is C50H48N2. The molecule has 0 bridgehead atoms. The molecule has 0 spiro atoms. The third-order valence-electron chi connectivity index (χ3n) is 11.2. The lowest BCUT2D eigenvalue weighted by molar-refractivity contribution is 0.875. The van der Waals surface area contributed by atoms with Gasteiger partial charge in [0, 0.05) is 33.5 Å². The molecule has 0 saturated heterocycles. The summed E-state index contributed by atoms with van der Waals surface area (Å²) in [6.07, 6.45) is 0. The van der Waals surface area contributed by atoms with Gasteiger partial charge in [0.25, 0.3) is 0 Å². The molecule has 8 aromatic carbocycles. The molecule has 0 unspecified atom stereocenters. The minimum Gasteiger partial charge on any atom is -0.310 e. The van der Waals surface area contributed by atoms with Crippen LogP contribution in [0.1, 0.15) is 72.9 Å². The highest BCUT2D eigenvalue weighted by Gasteiger charge is 2.26. The Hall–Kier alpha value is -5.60. The Bertz CT molecular complexity index is 2380. The zero-order valence-electron chi connectivity index (χ0n) is 31.8. The fourth-order valence-electron chi connectivity index (χ4n) is 8.07. The van der Waals surface area contributed by atoms with E-state index in [9.17, 15) is 0 Å². The van der Waals surface area contributed by atoms with Crippen LogP contribution in [0.25, 0.3) is 32.3 Å². The van der Waals surface area contributed by atoms with E-state index < -0.39 is 0 Å². The van der Waals surface area contributed by atoms with Gasteiger partial charge in [-0.2, -0.15) is 0 Å². The maximum atomic E-state index is 2.47. The molecule has 0 saturated carbocycles. The van der Waals surface area contributed by atoms with Crippen molar-refractivity contribution < 1.29 is 0 Å². The molecular weight excluding hydrogens is 629 g/mol. The molecule has 258 valence electrons. The molecule has 0 amide bonds. The highest BCUT2D eigenvalue weighted by Crippen LogP contribution is 2.51. The van der Waals surface area contributed by atoms with Crippen LogP contribution < -0.4 is 9.80 Å². The van der Waals surface area contributed by atoms with Crippen LogP contribution in [-0.2, 0) is 0 Å². The van der Waals surface area contributed by atoms with Crippen molar-refractivity contribution in [1.29, 1.82) is 0 Å². The predicted octanol–water partition coefficient (Wildman–Crippen LogP) is 15.0. The second-order valence-corrected chi connectivity index (χ2v) is 15.2. The lowest BCUT2D eigenvalue weighted by atomic mass is 9.84. The Morgan fingerprint density at radius 2 is 0.712 bits per heavy atom. The third kappa shape index (κ3) is 5.58. The van der Waals surface area contributed by atoms with Crippen LogP contribution in [-0.4, -0.2) is 0 Å². The average Bonchev–Trinajstić information content (AvgIpc) is 3.15. The van der Waals surface area contributed by atoms with Gasteiger partial charge in [0.15, 0.2) is 0 Å². The molecule has 0 fully saturated rings. The van der Waals surface area contributed by atoms with Gasteiger partial charge in [0.1, 0.15) is 0 Å².